The molecule has 64 valence electrons. The molecule has 1 aromatic rings. The number of carbonyl (C=O) groups is 1. The van der Waals surface area contributed by atoms with Gasteiger partial charge in [-0.1, -0.05) is 15.9 Å². The fraction of sp³-hybridized carbons (Fsp3) is 0.125. The molecule has 2 nitrogen and oxygen atoms in total. The molecule has 0 saturated carbocycles. The largest absolute Gasteiger partial charge is 0.399 e. The number of anilines is 1. The Morgan fingerprint density at radius 2 is 1.92 bits per heavy atom. The monoisotopic (exact) mass is 247 g/mol. The molecule has 1 aromatic carbocycles. The molecule has 0 aromatic heterocycles. The normalized spacial score (nSPS) is 12.5. The van der Waals surface area contributed by atoms with E-state index in [1.54, 1.807) is 24.3 Å². The molecule has 0 heterocycles. The number of rotatable bonds is 2. The van der Waals surface area contributed by atoms with Crippen LogP contribution in [0.4, 0.5) is 5.69 Å². The number of carbonyl (C=O) groups excluding carboxylic acids is 1. The third-order valence-corrected chi connectivity index (χ3v) is 2.01. The second-order valence-electron chi connectivity index (χ2n) is 2.29. The molecule has 2 N–H and O–H groups in total. The topological polar surface area (TPSA) is 43.1 Å². The molecule has 0 amide bonds. The average molecular weight is 249 g/mol. The Morgan fingerprint density at radius 3 is 2.33 bits per heavy atom. The van der Waals surface area contributed by atoms with Gasteiger partial charge in [-0.3, -0.25) is 4.79 Å². The summed E-state index contributed by atoms with van der Waals surface area (Å²) in [7, 11) is 0. The number of Topliss-reactive ketones (excluding diaryl/α,β-unsaturated/α-hetero) is 1. The van der Waals surface area contributed by atoms with Gasteiger partial charge in [0.15, 0.2) is 10.1 Å². The first kappa shape index (κ1) is 9.55. The Labute approximate surface area is 83.8 Å². The van der Waals surface area contributed by atoms with Crippen LogP contribution in [0.1, 0.15) is 10.4 Å². The van der Waals surface area contributed by atoms with Crippen molar-refractivity contribution in [1.29, 1.82) is 0 Å². The highest BCUT2D eigenvalue weighted by atomic mass is 79.9. The molecule has 0 saturated heterocycles. The molecular weight excluding hydrogens is 241 g/mol. The number of hydrogen-bond acceptors (Lipinski definition) is 2. The van der Waals surface area contributed by atoms with E-state index < -0.39 is 4.29 Å². The molecule has 0 aliphatic carbocycles. The minimum Gasteiger partial charge on any atom is -0.399 e. The summed E-state index contributed by atoms with van der Waals surface area (Å²) in [4.78, 5) is 11.2. The lowest BCUT2D eigenvalue weighted by atomic mass is 10.1. The predicted molar refractivity (Wildman–Crippen MR) is 53.8 cm³/mol. The number of hydrogen-bond donors (Lipinski definition) is 1. The van der Waals surface area contributed by atoms with Crippen LogP contribution in [-0.4, -0.2) is 10.1 Å². The van der Waals surface area contributed by atoms with Crippen LogP contribution in [0, 0.1) is 0 Å². The molecule has 0 aliphatic heterocycles. The van der Waals surface area contributed by atoms with Gasteiger partial charge in [0.2, 0.25) is 0 Å². The zero-order valence-corrected chi connectivity index (χ0v) is 8.47. The van der Waals surface area contributed by atoms with Gasteiger partial charge in [0, 0.05) is 11.3 Å². The SMILES string of the molecule is Nc1ccc(C(=O)C(Cl)Br)cc1. The third-order valence-electron chi connectivity index (χ3n) is 1.39. The maximum Gasteiger partial charge on any atom is 0.191 e. The smallest absolute Gasteiger partial charge is 0.191 e. The van der Waals surface area contributed by atoms with E-state index in [-0.39, 0.29) is 5.78 Å². The van der Waals surface area contributed by atoms with E-state index in [0.717, 1.165) is 0 Å². The first-order valence-electron chi connectivity index (χ1n) is 3.29. The number of alkyl halides is 2. The minimum atomic E-state index is -0.666. The van der Waals surface area contributed by atoms with Crippen LogP contribution in [0.3, 0.4) is 0 Å². The van der Waals surface area contributed by atoms with E-state index in [1.807, 2.05) is 0 Å². The van der Waals surface area contributed by atoms with Crippen LogP contribution in [0.5, 0.6) is 0 Å². The van der Waals surface area contributed by atoms with Crippen LogP contribution in [0.25, 0.3) is 0 Å². The summed E-state index contributed by atoms with van der Waals surface area (Å²) >= 11 is 8.52. The van der Waals surface area contributed by atoms with Crippen molar-refractivity contribution in [2.45, 2.75) is 4.29 Å². The van der Waals surface area contributed by atoms with Crippen molar-refractivity contribution in [2.75, 3.05) is 5.73 Å². The Balaban J connectivity index is 2.90. The van der Waals surface area contributed by atoms with Gasteiger partial charge < -0.3 is 5.73 Å². The fourth-order valence-electron chi connectivity index (χ4n) is 0.773. The maximum absolute atomic E-state index is 11.2. The molecule has 1 unspecified atom stereocenters. The van der Waals surface area contributed by atoms with Gasteiger partial charge >= 0.3 is 0 Å². The van der Waals surface area contributed by atoms with Crippen LogP contribution in [0.15, 0.2) is 24.3 Å². The highest BCUT2D eigenvalue weighted by Gasteiger charge is 2.12. The maximum atomic E-state index is 11.2. The van der Waals surface area contributed by atoms with E-state index in [2.05, 4.69) is 15.9 Å². The van der Waals surface area contributed by atoms with Crippen molar-refractivity contribution in [1.82, 2.24) is 0 Å². The lowest BCUT2D eigenvalue weighted by molar-refractivity contribution is 0.101. The molecule has 1 atom stereocenters. The van der Waals surface area contributed by atoms with E-state index in [0.29, 0.717) is 11.3 Å². The van der Waals surface area contributed by atoms with E-state index in [1.165, 1.54) is 0 Å². The highest BCUT2D eigenvalue weighted by Crippen LogP contribution is 2.14. The van der Waals surface area contributed by atoms with Gasteiger partial charge in [-0.15, -0.1) is 11.6 Å². The van der Waals surface area contributed by atoms with Crippen LogP contribution in [-0.2, 0) is 0 Å². The van der Waals surface area contributed by atoms with E-state index >= 15 is 0 Å². The molecule has 1 rings (SSSR count). The molecule has 0 bridgehead atoms. The van der Waals surface area contributed by atoms with Crippen molar-refractivity contribution in [3.8, 4) is 0 Å². The zero-order valence-electron chi connectivity index (χ0n) is 6.13. The summed E-state index contributed by atoms with van der Waals surface area (Å²) < 4.78 is -0.666. The predicted octanol–water partition coefficient (Wildman–Crippen LogP) is 2.41. The number of ketones is 1. The summed E-state index contributed by atoms with van der Waals surface area (Å²) in [5.41, 5.74) is 6.64. The summed E-state index contributed by atoms with van der Waals surface area (Å²) in [6.07, 6.45) is 0. The number of nitrogen functional groups attached to an aromatic ring is 1. The lowest BCUT2D eigenvalue weighted by Gasteiger charge is -2.00. The molecule has 0 fully saturated rings. The Bertz CT molecular complexity index is 284. The summed E-state index contributed by atoms with van der Waals surface area (Å²) in [5.74, 6) is -0.156. The molecule has 12 heavy (non-hydrogen) atoms. The van der Waals surface area contributed by atoms with Gasteiger partial charge in [0.25, 0.3) is 0 Å². The molecular formula is C8H7BrClNO. The number of benzene rings is 1. The van der Waals surface area contributed by atoms with Crippen molar-refractivity contribution >= 4 is 39.0 Å². The van der Waals surface area contributed by atoms with Gasteiger partial charge in [-0.2, -0.15) is 0 Å². The quantitative estimate of drug-likeness (QED) is 0.496. The summed E-state index contributed by atoms with van der Waals surface area (Å²) in [6.45, 7) is 0. The van der Waals surface area contributed by atoms with Crippen molar-refractivity contribution < 1.29 is 4.79 Å². The van der Waals surface area contributed by atoms with Crippen LogP contribution < -0.4 is 5.73 Å². The third kappa shape index (κ3) is 2.22. The molecule has 4 heteroatoms. The Kier molecular flexibility index (Phi) is 3.12. The lowest BCUT2D eigenvalue weighted by Crippen LogP contribution is -2.07. The molecule has 0 aliphatic rings. The summed E-state index contributed by atoms with van der Waals surface area (Å²) in [6, 6.07) is 6.63. The Morgan fingerprint density at radius 1 is 1.42 bits per heavy atom. The van der Waals surface area contributed by atoms with Gasteiger partial charge in [0.1, 0.15) is 0 Å². The summed E-state index contributed by atoms with van der Waals surface area (Å²) in [5, 5.41) is 0. The number of nitrogens with two attached hydrogens (primary N) is 1. The highest BCUT2D eigenvalue weighted by molar-refractivity contribution is 9.10. The van der Waals surface area contributed by atoms with Gasteiger partial charge in [-0.25, -0.2) is 0 Å². The fourth-order valence-corrected chi connectivity index (χ4v) is 1.16. The number of halogens is 2. The second-order valence-corrected chi connectivity index (χ2v) is 4.17. The van der Waals surface area contributed by atoms with E-state index in [9.17, 15) is 4.79 Å². The van der Waals surface area contributed by atoms with Crippen molar-refractivity contribution in [3.63, 3.8) is 0 Å². The molecule has 0 radical (unpaired) electrons. The molecule has 0 spiro atoms. The minimum absolute atomic E-state index is 0.156. The van der Waals surface area contributed by atoms with Crippen molar-refractivity contribution in [3.05, 3.63) is 29.8 Å². The van der Waals surface area contributed by atoms with Crippen molar-refractivity contribution in [2.24, 2.45) is 0 Å². The van der Waals surface area contributed by atoms with Gasteiger partial charge in [0.05, 0.1) is 0 Å². The standard InChI is InChI=1S/C8H7BrClNO/c9-8(10)7(12)5-1-3-6(11)4-2-5/h1-4,8H,11H2. The van der Waals surface area contributed by atoms with E-state index in [4.69, 9.17) is 17.3 Å². The first-order chi connectivity index (χ1) is 5.61. The average Bonchev–Trinajstić information content (AvgIpc) is 2.04. The zero-order chi connectivity index (χ0) is 9.14. The first-order valence-corrected chi connectivity index (χ1v) is 4.64. The Hall–Kier alpha value is -0.540. The van der Waals surface area contributed by atoms with Crippen LogP contribution >= 0.6 is 27.5 Å². The van der Waals surface area contributed by atoms with Crippen LogP contribution in [0.2, 0.25) is 0 Å². The van der Waals surface area contributed by atoms with Gasteiger partial charge in [-0.05, 0) is 24.3 Å². The second kappa shape index (κ2) is 3.92.